The van der Waals surface area contributed by atoms with Gasteiger partial charge in [-0.05, 0) is 50.7 Å². The maximum absolute atomic E-state index is 6.53. The van der Waals surface area contributed by atoms with Gasteiger partial charge in [-0.1, -0.05) is 69.3 Å². The summed E-state index contributed by atoms with van der Waals surface area (Å²) in [5.41, 5.74) is 1.26. The lowest BCUT2D eigenvalue weighted by molar-refractivity contribution is -0.941. The molecule has 1 nitrogen and oxygen atoms in total. The molecule has 0 bridgehead atoms. The topological polar surface area (TPSA) is 0 Å². The number of benzene rings is 1. The molecule has 25 heavy (non-hydrogen) atoms. The summed E-state index contributed by atoms with van der Waals surface area (Å²) in [7, 11) is 0. The van der Waals surface area contributed by atoms with Gasteiger partial charge in [0.2, 0.25) is 0 Å². The third-order valence-electron chi connectivity index (χ3n) is 5.23. The molecule has 3 heteroatoms. The molecule has 0 amide bonds. The first kappa shape index (κ1) is 22.8. The lowest BCUT2D eigenvalue weighted by Gasteiger charge is -2.40. The molecule has 1 aromatic rings. The molecule has 0 fully saturated rings. The molecular formula is C22H38Cl2N+. The van der Waals surface area contributed by atoms with Crippen molar-refractivity contribution in [3.05, 3.63) is 33.8 Å². The van der Waals surface area contributed by atoms with Gasteiger partial charge in [0.15, 0.2) is 0 Å². The second kappa shape index (κ2) is 13.0. The molecule has 144 valence electrons. The summed E-state index contributed by atoms with van der Waals surface area (Å²) in [6.45, 7) is 11.8. The van der Waals surface area contributed by atoms with Crippen LogP contribution in [0.2, 0.25) is 10.0 Å². The van der Waals surface area contributed by atoms with E-state index in [4.69, 9.17) is 23.2 Å². The van der Waals surface area contributed by atoms with Crippen molar-refractivity contribution < 1.29 is 4.48 Å². The molecule has 0 atom stereocenters. The zero-order valence-electron chi connectivity index (χ0n) is 16.6. The van der Waals surface area contributed by atoms with Gasteiger partial charge in [0.25, 0.3) is 0 Å². The van der Waals surface area contributed by atoms with Crippen molar-refractivity contribution in [3.8, 4) is 0 Å². The van der Waals surface area contributed by atoms with E-state index < -0.39 is 0 Å². The summed E-state index contributed by atoms with van der Waals surface area (Å²) in [4.78, 5) is 0. The van der Waals surface area contributed by atoms with E-state index in [0.717, 1.165) is 16.6 Å². The highest BCUT2D eigenvalue weighted by Crippen LogP contribution is 2.27. The predicted molar refractivity (Wildman–Crippen MR) is 114 cm³/mol. The van der Waals surface area contributed by atoms with Crippen LogP contribution in [0.3, 0.4) is 0 Å². The Balaban J connectivity index is 2.95. The zero-order chi connectivity index (χ0) is 18.5. The molecule has 0 unspecified atom stereocenters. The van der Waals surface area contributed by atoms with E-state index in [1.807, 2.05) is 12.1 Å². The number of nitrogens with zero attached hydrogens (tertiary/aromatic N) is 1. The fraction of sp³-hybridized carbons (Fsp3) is 0.727. The molecule has 0 spiro atoms. The fourth-order valence-electron chi connectivity index (χ4n) is 3.68. The minimum atomic E-state index is 0.731. The summed E-state index contributed by atoms with van der Waals surface area (Å²) in [6.07, 6.45) is 11.8. The average molecular weight is 387 g/mol. The van der Waals surface area contributed by atoms with Gasteiger partial charge >= 0.3 is 0 Å². The van der Waals surface area contributed by atoms with Gasteiger partial charge in [-0.15, -0.1) is 0 Å². The molecule has 1 rings (SSSR count). The van der Waals surface area contributed by atoms with Gasteiger partial charge in [-0.2, -0.15) is 0 Å². The summed E-state index contributed by atoms with van der Waals surface area (Å²) < 4.78 is 1.20. The third kappa shape index (κ3) is 8.80. The summed E-state index contributed by atoms with van der Waals surface area (Å²) >= 11 is 12.6. The minimum Gasteiger partial charge on any atom is -0.320 e. The molecule has 0 aliphatic carbocycles. The van der Waals surface area contributed by atoms with Gasteiger partial charge in [-0.25, -0.2) is 0 Å². The highest BCUT2D eigenvalue weighted by atomic mass is 35.5. The molecule has 1 aromatic carbocycles. The first-order chi connectivity index (χ1) is 12.1. The van der Waals surface area contributed by atoms with Crippen molar-refractivity contribution >= 4 is 23.2 Å². The van der Waals surface area contributed by atoms with Gasteiger partial charge in [0.05, 0.1) is 24.7 Å². The van der Waals surface area contributed by atoms with Crippen LogP contribution < -0.4 is 0 Å². The number of unbranched alkanes of at least 4 members (excludes halogenated alkanes) is 6. The van der Waals surface area contributed by atoms with E-state index in [1.165, 1.54) is 87.5 Å². The number of hydrogen-bond acceptors (Lipinski definition) is 0. The summed E-state index contributed by atoms with van der Waals surface area (Å²) in [5, 5.41) is 1.56. The SMILES string of the molecule is CCCCC[N+](CCCCC)(CCCCC)Cc1ccc(Cl)cc1Cl. The van der Waals surface area contributed by atoms with Crippen LogP contribution in [-0.2, 0) is 6.54 Å². The summed E-state index contributed by atoms with van der Waals surface area (Å²) in [6, 6.07) is 6.02. The Morgan fingerprint density at radius 1 is 0.720 bits per heavy atom. The van der Waals surface area contributed by atoms with Gasteiger partial charge in [-0.3, -0.25) is 0 Å². The van der Waals surface area contributed by atoms with Crippen molar-refractivity contribution in [2.75, 3.05) is 19.6 Å². The lowest BCUT2D eigenvalue weighted by atomic mass is 10.1. The maximum atomic E-state index is 6.53. The molecule has 0 aromatic heterocycles. The Kier molecular flexibility index (Phi) is 11.9. The maximum Gasteiger partial charge on any atom is 0.106 e. The van der Waals surface area contributed by atoms with Gasteiger partial charge < -0.3 is 4.48 Å². The minimum absolute atomic E-state index is 0.731. The fourth-order valence-corrected chi connectivity index (χ4v) is 4.14. The third-order valence-corrected chi connectivity index (χ3v) is 5.82. The number of hydrogen-bond donors (Lipinski definition) is 0. The highest BCUT2D eigenvalue weighted by molar-refractivity contribution is 6.35. The van der Waals surface area contributed by atoms with Crippen molar-refractivity contribution in [1.82, 2.24) is 0 Å². The van der Waals surface area contributed by atoms with E-state index in [-0.39, 0.29) is 0 Å². The van der Waals surface area contributed by atoms with Crippen LogP contribution in [-0.4, -0.2) is 24.1 Å². The summed E-state index contributed by atoms with van der Waals surface area (Å²) in [5.74, 6) is 0. The Morgan fingerprint density at radius 3 is 1.60 bits per heavy atom. The first-order valence-corrected chi connectivity index (χ1v) is 11.1. The Labute approximate surface area is 166 Å². The van der Waals surface area contributed by atoms with Crippen molar-refractivity contribution in [2.45, 2.75) is 85.1 Å². The van der Waals surface area contributed by atoms with Crippen molar-refractivity contribution in [3.63, 3.8) is 0 Å². The molecule has 0 heterocycles. The first-order valence-electron chi connectivity index (χ1n) is 10.4. The lowest BCUT2D eigenvalue weighted by Crippen LogP contribution is -2.49. The van der Waals surface area contributed by atoms with E-state index in [9.17, 15) is 0 Å². The second-order valence-electron chi connectivity index (χ2n) is 7.53. The predicted octanol–water partition coefficient (Wildman–Crippen LogP) is 7.88. The quantitative estimate of drug-likeness (QED) is 0.225. The molecular weight excluding hydrogens is 349 g/mol. The van der Waals surface area contributed by atoms with Crippen LogP contribution in [0.5, 0.6) is 0 Å². The van der Waals surface area contributed by atoms with Crippen molar-refractivity contribution in [2.24, 2.45) is 0 Å². The molecule has 0 saturated carbocycles. The number of rotatable bonds is 14. The van der Waals surface area contributed by atoms with Gasteiger partial charge in [0.1, 0.15) is 6.54 Å². The molecule has 0 N–H and O–H groups in total. The smallest absolute Gasteiger partial charge is 0.106 e. The van der Waals surface area contributed by atoms with E-state index in [2.05, 4.69) is 26.8 Å². The highest BCUT2D eigenvalue weighted by Gasteiger charge is 2.27. The van der Waals surface area contributed by atoms with Crippen LogP contribution in [0.25, 0.3) is 0 Å². The van der Waals surface area contributed by atoms with Crippen molar-refractivity contribution in [1.29, 1.82) is 0 Å². The Hall–Kier alpha value is -0.240. The van der Waals surface area contributed by atoms with Gasteiger partial charge in [0, 0.05) is 10.6 Å². The normalized spacial score (nSPS) is 11.9. The van der Waals surface area contributed by atoms with Crippen LogP contribution in [0.15, 0.2) is 18.2 Å². The molecule has 0 saturated heterocycles. The largest absolute Gasteiger partial charge is 0.320 e. The van der Waals surface area contributed by atoms with E-state index >= 15 is 0 Å². The Bertz CT molecular complexity index is 447. The monoisotopic (exact) mass is 386 g/mol. The standard InChI is InChI=1S/C22H38Cl2N/c1-4-7-10-15-25(16-11-8-5-2,17-12-9-6-3)19-20-13-14-21(23)18-22(20)24/h13-14,18H,4-12,15-17,19H2,1-3H3/q+1. The average Bonchev–Trinajstić information content (AvgIpc) is 2.58. The molecule has 0 aliphatic heterocycles. The van der Waals surface area contributed by atoms with E-state index in [1.54, 1.807) is 0 Å². The Morgan fingerprint density at radius 2 is 1.20 bits per heavy atom. The van der Waals surface area contributed by atoms with E-state index in [0.29, 0.717) is 0 Å². The zero-order valence-corrected chi connectivity index (χ0v) is 18.1. The van der Waals surface area contributed by atoms with Crippen LogP contribution in [0.4, 0.5) is 0 Å². The number of halogens is 2. The number of quaternary nitrogens is 1. The second-order valence-corrected chi connectivity index (χ2v) is 8.37. The van der Waals surface area contributed by atoms with Crippen LogP contribution >= 0.6 is 23.2 Å². The van der Waals surface area contributed by atoms with Crippen LogP contribution in [0, 0.1) is 0 Å². The molecule has 0 aliphatic rings. The molecule has 0 radical (unpaired) electrons. The van der Waals surface area contributed by atoms with Crippen LogP contribution in [0.1, 0.15) is 84.1 Å².